The molecule has 3 rings (SSSR count). The molecule has 0 unspecified atom stereocenters. The zero-order chi connectivity index (χ0) is 17.6. The van der Waals surface area contributed by atoms with Crippen molar-refractivity contribution in [1.29, 1.82) is 0 Å². The summed E-state index contributed by atoms with van der Waals surface area (Å²) >= 11 is 1.35. The molecule has 2 aromatic rings. The zero-order valence-corrected chi connectivity index (χ0v) is 14.9. The molecule has 0 radical (unpaired) electrons. The molecule has 0 spiro atoms. The average Bonchev–Trinajstić information content (AvgIpc) is 3.31. The van der Waals surface area contributed by atoms with Crippen molar-refractivity contribution in [3.05, 3.63) is 45.9 Å². The molecule has 1 aliphatic carbocycles. The third-order valence-electron chi connectivity index (χ3n) is 3.89. The van der Waals surface area contributed by atoms with Gasteiger partial charge in [0.25, 0.3) is 11.8 Å². The molecule has 2 N–H and O–H groups in total. The highest BCUT2D eigenvalue weighted by Crippen LogP contribution is 2.18. The molecule has 0 atom stereocenters. The smallest absolute Gasteiger partial charge is 0.263 e. The van der Waals surface area contributed by atoms with Crippen molar-refractivity contribution in [2.75, 3.05) is 13.2 Å². The molecule has 1 aliphatic rings. The van der Waals surface area contributed by atoms with Crippen LogP contribution in [-0.4, -0.2) is 36.0 Å². The van der Waals surface area contributed by atoms with E-state index in [9.17, 15) is 9.59 Å². The van der Waals surface area contributed by atoms with Gasteiger partial charge in [0.15, 0.2) is 6.61 Å². The molecule has 7 heteroatoms. The van der Waals surface area contributed by atoms with E-state index in [-0.39, 0.29) is 18.4 Å². The summed E-state index contributed by atoms with van der Waals surface area (Å²) in [6, 6.07) is 7.92. The van der Waals surface area contributed by atoms with Crippen molar-refractivity contribution in [2.24, 2.45) is 0 Å². The number of amides is 2. The van der Waals surface area contributed by atoms with Crippen molar-refractivity contribution in [1.82, 2.24) is 15.6 Å². The number of aromatic nitrogens is 1. The highest BCUT2D eigenvalue weighted by atomic mass is 32.1. The van der Waals surface area contributed by atoms with Gasteiger partial charge in [0.2, 0.25) is 0 Å². The second kappa shape index (κ2) is 8.11. The van der Waals surface area contributed by atoms with Crippen LogP contribution in [0.3, 0.4) is 0 Å². The average molecular weight is 359 g/mol. The lowest BCUT2D eigenvalue weighted by molar-refractivity contribution is -0.123. The van der Waals surface area contributed by atoms with Crippen molar-refractivity contribution >= 4 is 23.2 Å². The Balaban J connectivity index is 1.39. The quantitative estimate of drug-likeness (QED) is 0.756. The number of hydrogen-bond acceptors (Lipinski definition) is 5. The highest BCUT2D eigenvalue weighted by Gasteiger charge is 2.23. The van der Waals surface area contributed by atoms with E-state index >= 15 is 0 Å². The summed E-state index contributed by atoms with van der Waals surface area (Å²) in [5.41, 5.74) is 3.53. The number of thiazole rings is 1. The number of rotatable bonds is 8. The number of nitrogens with zero attached hydrogens (tertiary/aromatic N) is 1. The normalized spacial score (nSPS) is 13.3. The molecule has 1 aromatic heterocycles. The van der Waals surface area contributed by atoms with Gasteiger partial charge >= 0.3 is 0 Å². The second-order valence-corrected chi connectivity index (χ2v) is 6.90. The highest BCUT2D eigenvalue weighted by molar-refractivity contribution is 7.11. The second-order valence-electron chi connectivity index (χ2n) is 6.05. The van der Waals surface area contributed by atoms with Gasteiger partial charge in [-0.05, 0) is 43.9 Å². The van der Waals surface area contributed by atoms with Crippen LogP contribution in [0, 0.1) is 6.92 Å². The molecule has 1 fully saturated rings. The molecular weight excluding hydrogens is 338 g/mol. The van der Waals surface area contributed by atoms with E-state index in [1.165, 1.54) is 11.3 Å². The molecular formula is C18H21N3O3S. The first-order valence-electron chi connectivity index (χ1n) is 8.31. The maximum Gasteiger partial charge on any atom is 0.263 e. The lowest BCUT2D eigenvalue weighted by Crippen LogP contribution is -2.30. The van der Waals surface area contributed by atoms with Gasteiger partial charge in [-0.15, -0.1) is 11.3 Å². The predicted molar refractivity (Wildman–Crippen MR) is 96.0 cm³/mol. The van der Waals surface area contributed by atoms with Crippen molar-refractivity contribution in [2.45, 2.75) is 32.2 Å². The first-order valence-corrected chi connectivity index (χ1v) is 9.19. The van der Waals surface area contributed by atoms with Crippen LogP contribution in [0.25, 0.3) is 0 Å². The monoisotopic (exact) mass is 359 g/mol. The van der Waals surface area contributed by atoms with Crippen LogP contribution in [0.4, 0.5) is 0 Å². The number of benzene rings is 1. The minimum Gasteiger partial charge on any atom is -0.484 e. The van der Waals surface area contributed by atoms with Gasteiger partial charge in [-0.2, -0.15) is 0 Å². The van der Waals surface area contributed by atoms with Crippen LogP contribution in [0.1, 0.15) is 33.8 Å². The summed E-state index contributed by atoms with van der Waals surface area (Å²) in [5, 5.41) is 5.78. The van der Waals surface area contributed by atoms with Crippen molar-refractivity contribution in [3.8, 4) is 5.75 Å². The van der Waals surface area contributed by atoms with Crippen LogP contribution >= 0.6 is 11.3 Å². The Bertz CT molecular complexity index is 738. The molecule has 0 aliphatic heterocycles. The van der Waals surface area contributed by atoms with E-state index in [0.29, 0.717) is 23.2 Å². The fourth-order valence-corrected chi connectivity index (χ4v) is 3.04. The Kier molecular flexibility index (Phi) is 5.65. The summed E-state index contributed by atoms with van der Waals surface area (Å²) in [6.07, 6.45) is 2.87. The molecule has 25 heavy (non-hydrogen) atoms. The summed E-state index contributed by atoms with van der Waals surface area (Å²) in [5.74, 6) is 0.508. The van der Waals surface area contributed by atoms with Crippen LogP contribution in [-0.2, 0) is 11.2 Å². The maximum atomic E-state index is 12.0. The summed E-state index contributed by atoms with van der Waals surface area (Å²) in [4.78, 5) is 28.3. The fourth-order valence-electron chi connectivity index (χ4n) is 2.32. The molecule has 0 bridgehead atoms. The van der Waals surface area contributed by atoms with Crippen LogP contribution in [0.15, 0.2) is 29.8 Å². The van der Waals surface area contributed by atoms with Crippen molar-refractivity contribution in [3.63, 3.8) is 0 Å². The molecule has 0 saturated heterocycles. The first kappa shape index (κ1) is 17.4. The number of nitrogens with one attached hydrogen (secondary N) is 2. The fraction of sp³-hybridized carbons (Fsp3) is 0.389. The van der Waals surface area contributed by atoms with E-state index in [0.717, 1.165) is 30.5 Å². The lowest BCUT2D eigenvalue weighted by atomic mass is 10.1. The minimum atomic E-state index is -0.0818. The molecule has 1 heterocycles. The van der Waals surface area contributed by atoms with Crippen LogP contribution < -0.4 is 15.4 Å². The van der Waals surface area contributed by atoms with Crippen LogP contribution in [0.5, 0.6) is 5.75 Å². The third-order valence-corrected chi connectivity index (χ3v) is 4.81. The minimum absolute atomic E-state index is 0.0418. The number of hydrogen-bond donors (Lipinski definition) is 2. The Labute approximate surface area is 150 Å². The first-order chi connectivity index (χ1) is 12.1. The van der Waals surface area contributed by atoms with Gasteiger partial charge in [0, 0.05) is 12.6 Å². The third kappa shape index (κ3) is 5.29. The summed E-state index contributed by atoms with van der Waals surface area (Å²) in [7, 11) is 0. The number of carbonyl (C=O) groups excluding carboxylic acids is 2. The van der Waals surface area contributed by atoms with Gasteiger partial charge in [-0.3, -0.25) is 9.59 Å². The largest absolute Gasteiger partial charge is 0.484 e. The Morgan fingerprint density at radius 2 is 2.04 bits per heavy atom. The van der Waals surface area contributed by atoms with Gasteiger partial charge in [-0.25, -0.2) is 4.98 Å². The topological polar surface area (TPSA) is 80.3 Å². The van der Waals surface area contributed by atoms with Crippen LogP contribution in [0.2, 0.25) is 0 Å². The van der Waals surface area contributed by atoms with Crippen molar-refractivity contribution < 1.29 is 14.3 Å². The van der Waals surface area contributed by atoms with E-state index in [1.807, 2.05) is 31.2 Å². The van der Waals surface area contributed by atoms with Gasteiger partial charge in [0.05, 0.1) is 11.2 Å². The molecule has 1 aromatic carbocycles. The molecule has 1 saturated carbocycles. The number of aryl methyl sites for hydroxylation is 1. The van der Waals surface area contributed by atoms with Gasteiger partial charge < -0.3 is 15.4 Å². The standard InChI is InChI=1S/C18H21N3O3S/c1-12-17(25-11-20-12)18(23)19-9-8-13-2-6-15(7-3-13)24-10-16(22)21-14-4-5-14/h2-3,6-7,11,14H,4-5,8-10H2,1H3,(H,19,23)(H,21,22). The Morgan fingerprint density at radius 3 is 2.68 bits per heavy atom. The molecule has 6 nitrogen and oxygen atoms in total. The Morgan fingerprint density at radius 1 is 1.28 bits per heavy atom. The number of ether oxygens (including phenoxy) is 1. The van der Waals surface area contributed by atoms with Gasteiger partial charge in [0.1, 0.15) is 10.6 Å². The summed E-state index contributed by atoms with van der Waals surface area (Å²) in [6.45, 7) is 2.43. The van der Waals surface area contributed by atoms with E-state index in [1.54, 1.807) is 5.51 Å². The summed E-state index contributed by atoms with van der Waals surface area (Å²) < 4.78 is 5.47. The van der Waals surface area contributed by atoms with E-state index < -0.39 is 0 Å². The maximum absolute atomic E-state index is 12.0. The lowest BCUT2D eigenvalue weighted by Gasteiger charge is -2.08. The van der Waals surface area contributed by atoms with Gasteiger partial charge in [-0.1, -0.05) is 12.1 Å². The zero-order valence-electron chi connectivity index (χ0n) is 14.1. The SMILES string of the molecule is Cc1ncsc1C(=O)NCCc1ccc(OCC(=O)NC2CC2)cc1. The predicted octanol–water partition coefficient (Wildman–Crippen LogP) is 2.08. The Hall–Kier alpha value is -2.41. The van der Waals surface area contributed by atoms with E-state index in [2.05, 4.69) is 15.6 Å². The number of carbonyl (C=O) groups is 2. The molecule has 2 amide bonds. The van der Waals surface area contributed by atoms with E-state index in [4.69, 9.17) is 4.74 Å². The molecule has 132 valence electrons.